The first-order valence-electron chi connectivity index (χ1n) is 13.7. The van der Waals surface area contributed by atoms with Gasteiger partial charge in [-0.3, -0.25) is 19.2 Å². The molecule has 200 valence electrons. The molecule has 2 rings (SSSR count). The monoisotopic (exact) mass is 494 g/mol. The van der Waals surface area contributed by atoms with Gasteiger partial charge in [-0.25, -0.2) is 0 Å². The van der Waals surface area contributed by atoms with Crippen LogP contribution in [0.2, 0.25) is 0 Å². The smallest absolute Gasteiger partial charge is 0.309 e. The van der Waals surface area contributed by atoms with Crippen molar-refractivity contribution >= 4 is 23.3 Å². The molecule has 0 bridgehead atoms. The van der Waals surface area contributed by atoms with Crippen molar-refractivity contribution in [3.8, 4) is 0 Å². The second-order valence-corrected chi connectivity index (χ2v) is 11.0. The molecule has 1 N–H and O–H groups in total. The number of hydrogen-bond acceptors (Lipinski definition) is 7. The Balaban J connectivity index is 1.96. The highest BCUT2D eigenvalue weighted by atomic mass is 16.6. The summed E-state index contributed by atoms with van der Waals surface area (Å²) in [5.41, 5.74) is 0. The summed E-state index contributed by atoms with van der Waals surface area (Å²) in [5, 5.41) is 11.0. The van der Waals surface area contributed by atoms with Crippen LogP contribution < -0.4 is 0 Å². The second-order valence-electron chi connectivity index (χ2n) is 11.0. The molecule has 0 aromatic heterocycles. The standard InChI is InChI=1S/C28H46O7/c1-6-22(29)17-25(18(3)4)34-27(32)21-11-9-8-10-20(13-14-21)16-24(30)26(31)28(33)19(5)12-15-23(7-2)35-28/h18-21,23,25,33H,6-17H2,1-5H3/t19-,20?,21-,23?,25?,28?/m1/s1. The number of ether oxygens (including phenoxy) is 2. The van der Waals surface area contributed by atoms with Crippen LogP contribution in [0.3, 0.4) is 0 Å². The van der Waals surface area contributed by atoms with Gasteiger partial charge < -0.3 is 14.6 Å². The summed E-state index contributed by atoms with van der Waals surface area (Å²) in [6.45, 7) is 9.40. The minimum atomic E-state index is -2.04. The van der Waals surface area contributed by atoms with Gasteiger partial charge in [0, 0.05) is 25.2 Å². The molecule has 7 nitrogen and oxygen atoms in total. The van der Waals surface area contributed by atoms with E-state index in [0.717, 1.165) is 32.1 Å². The van der Waals surface area contributed by atoms with Gasteiger partial charge in [0.15, 0.2) is 0 Å². The molecular formula is C28H46O7. The van der Waals surface area contributed by atoms with Crippen molar-refractivity contribution in [1.29, 1.82) is 0 Å². The summed E-state index contributed by atoms with van der Waals surface area (Å²) in [4.78, 5) is 50.7. The summed E-state index contributed by atoms with van der Waals surface area (Å²) < 4.78 is 11.5. The Kier molecular flexibility index (Phi) is 11.5. The zero-order valence-corrected chi connectivity index (χ0v) is 22.3. The molecule has 0 aromatic carbocycles. The third kappa shape index (κ3) is 8.21. The predicted molar refractivity (Wildman–Crippen MR) is 132 cm³/mol. The zero-order chi connectivity index (χ0) is 26.2. The van der Waals surface area contributed by atoms with Crippen molar-refractivity contribution in [2.75, 3.05) is 0 Å². The molecule has 1 saturated carbocycles. The molecule has 0 spiro atoms. The van der Waals surface area contributed by atoms with Gasteiger partial charge in [0.1, 0.15) is 11.9 Å². The van der Waals surface area contributed by atoms with E-state index >= 15 is 0 Å². The van der Waals surface area contributed by atoms with Crippen LogP contribution in [0.25, 0.3) is 0 Å². The lowest BCUT2D eigenvalue weighted by atomic mass is 9.80. The molecule has 1 saturated heterocycles. The SMILES string of the molecule is CCC(=O)CC(OC(=O)[C@@H]1CCCCC(CC(=O)C(=O)C2(O)OC(CC)CC[C@H]2C)CC1)C(C)C. The van der Waals surface area contributed by atoms with E-state index in [0.29, 0.717) is 32.1 Å². The highest BCUT2D eigenvalue weighted by molar-refractivity contribution is 6.39. The average molecular weight is 495 g/mol. The number of carbonyl (C=O) groups is 4. The maximum absolute atomic E-state index is 13.0. The maximum atomic E-state index is 13.0. The first kappa shape index (κ1) is 29.6. The number of esters is 1. The van der Waals surface area contributed by atoms with E-state index in [1.807, 2.05) is 27.7 Å². The van der Waals surface area contributed by atoms with Crippen LogP contribution in [0.1, 0.15) is 112 Å². The molecule has 4 unspecified atom stereocenters. The van der Waals surface area contributed by atoms with Gasteiger partial charge in [-0.15, -0.1) is 0 Å². The summed E-state index contributed by atoms with van der Waals surface area (Å²) in [6, 6.07) is 0. The van der Waals surface area contributed by atoms with Gasteiger partial charge in [0.2, 0.25) is 11.6 Å². The molecule has 35 heavy (non-hydrogen) atoms. The van der Waals surface area contributed by atoms with E-state index in [4.69, 9.17) is 9.47 Å². The highest BCUT2D eigenvalue weighted by Gasteiger charge is 2.49. The summed E-state index contributed by atoms with van der Waals surface area (Å²) >= 11 is 0. The van der Waals surface area contributed by atoms with Gasteiger partial charge in [0.05, 0.1) is 12.0 Å². The Labute approximate surface area is 210 Å². The Hall–Kier alpha value is -1.60. The van der Waals surface area contributed by atoms with Crippen molar-refractivity contribution in [1.82, 2.24) is 0 Å². The highest BCUT2D eigenvalue weighted by Crippen LogP contribution is 2.36. The van der Waals surface area contributed by atoms with Crippen LogP contribution in [0.15, 0.2) is 0 Å². The summed E-state index contributed by atoms with van der Waals surface area (Å²) in [7, 11) is 0. The van der Waals surface area contributed by atoms with E-state index < -0.39 is 29.4 Å². The molecule has 7 heteroatoms. The van der Waals surface area contributed by atoms with Crippen LogP contribution in [0.4, 0.5) is 0 Å². The molecule has 0 amide bonds. The third-order valence-electron chi connectivity index (χ3n) is 7.95. The van der Waals surface area contributed by atoms with Crippen molar-refractivity contribution in [3.63, 3.8) is 0 Å². The molecule has 6 atom stereocenters. The number of rotatable bonds is 11. The fourth-order valence-corrected chi connectivity index (χ4v) is 5.20. The second kappa shape index (κ2) is 13.6. The largest absolute Gasteiger partial charge is 0.461 e. The van der Waals surface area contributed by atoms with E-state index in [-0.39, 0.29) is 48.5 Å². The van der Waals surface area contributed by atoms with Crippen molar-refractivity contribution < 1.29 is 33.8 Å². The first-order valence-corrected chi connectivity index (χ1v) is 13.7. The van der Waals surface area contributed by atoms with Gasteiger partial charge >= 0.3 is 5.97 Å². The van der Waals surface area contributed by atoms with Crippen LogP contribution in [-0.4, -0.2) is 46.4 Å². The van der Waals surface area contributed by atoms with Gasteiger partial charge in [0.25, 0.3) is 5.78 Å². The lowest BCUT2D eigenvalue weighted by Crippen LogP contribution is -2.55. The van der Waals surface area contributed by atoms with Crippen LogP contribution in [-0.2, 0) is 28.7 Å². The van der Waals surface area contributed by atoms with E-state index in [1.54, 1.807) is 6.92 Å². The molecule has 0 radical (unpaired) electrons. The lowest BCUT2D eigenvalue weighted by Gasteiger charge is -2.40. The number of carbonyl (C=O) groups excluding carboxylic acids is 4. The molecule has 0 aromatic rings. The Bertz CT molecular complexity index is 746. The Morgan fingerprint density at radius 2 is 1.69 bits per heavy atom. The molecular weight excluding hydrogens is 448 g/mol. The maximum Gasteiger partial charge on any atom is 0.309 e. The first-order chi connectivity index (χ1) is 16.5. The van der Waals surface area contributed by atoms with Crippen molar-refractivity contribution in [2.24, 2.45) is 23.7 Å². The molecule has 1 aliphatic heterocycles. The van der Waals surface area contributed by atoms with Crippen molar-refractivity contribution in [3.05, 3.63) is 0 Å². The van der Waals surface area contributed by atoms with E-state index in [1.165, 1.54) is 0 Å². The van der Waals surface area contributed by atoms with Crippen LogP contribution in [0.5, 0.6) is 0 Å². The van der Waals surface area contributed by atoms with E-state index in [9.17, 15) is 24.3 Å². The lowest BCUT2D eigenvalue weighted by molar-refractivity contribution is -0.262. The van der Waals surface area contributed by atoms with Gasteiger partial charge in [-0.1, -0.05) is 53.9 Å². The minimum Gasteiger partial charge on any atom is -0.461 e. The topological polar surface area (TPSA) is 107 Å². The predicted octanol–water partition coefficient (Wildman–Crippen LogP) is 4.95. The number of aliphatic hydroxyl groups is 1. The fourth-order valence-electron chi connectivity index (χ4n) is 5.20. The molecule has 2 aliphatic rings. The number of hydrogen-bond donors (Lipinski definition) is 1. The molecule has 1 heterocycles. The normalized spacial score (nSPS) is 30.7. The van der Waals surface area contributed by atoms with Crippen LogP contribution in [0, 0.1) is 23.7 Å². The van der Waals surface area contributed by atoms with Crippen LogP contribution >= 0.6 is 0 Å². The van der Waals surface area contributed by atoms with Gasteiger partial charge in [-0.2, -0.15) is 0 Å². The fraction of sp³-hybridized carbons (Fsp3) is 0.857. The minimum absolute atomic E-state index is 0.0194. The summed E-state index contributed by atoms with van der Waals surface area (Å²) in [5.74, 6) is -4.28. The van der Waals surface area contributed by atoms with E-state index in [2.05, 4.69) is 0 Å². The number of ketones is 3. The number of Topliss-reactive ketones (excluding diaryl/α,β-unsaturated/α-hetero) is 3. The Morgan fingerprint density at radius 3 is 2.31 bits per heavy atom. The average Bonchev–Trinajstić information content (AvgIpc) is 2.81. The third-order valence-corrected chi connectivity index (χ3v) is 7.95. The van der Waals surface area contributed by atoms with Gasteiger partial charge in [-0.05, 0) is 50.4 Å². The quantitative estimate of drug-likeness (QED) is 0.320. The van der Waals surface area contributed by atoms with Crippen molar-refractivity contribution in [2.45, 2.75) is 130 Å². The molecule has 2 fully saturated rings. The molecule has 1 aliphatic carbocycles. The Morgan fingerprint density at radius 1 is 1.00 bits per heavy atom. The zero-order valence-electron chi connectivity index (χ0n) is 22.3. The summed E-state index contributed by atoms with van der Waals surface area (Å²) in [6.07, 6.45) is 6.69.